The van der Waals surface area contributed by atoms with E-state index in [9.17, 15) is 5.11 Å². The molecule has 1 aromatic rings. The first-order chi connectivity index (χ1) is 9.17. The SMILES string of the molecule is CCOc1cc(C)nc(NCC2CCC(O)CC2)n1. The highest BCUT2D eigenvalue weighted by Crippen LogP contribution is 2.24. The first-order valence-corrected chi connectivity index (χ1v) is 7.07. The van der Waals surface area contributed by atoms with E-state index in [1.165, 1.54) is 0 Å². The van der Waals surface area contributed by atoms with E-state index in [2.05, 4.69) is 15.3 Å². The van der Waals surface area contributed by atoms with Gasteiger partial charge in [-0.15, -0.1) is 0 Å². The minimum absolute atomic E-state index is 0.101. The van der Waals surface area contributed by atoms with Gasteiger partial charge >= 0.3 is 0 Å². The lowest BCUT2D eigenvalue weighted by Crippen LogP contribution is -2.24. The van der Waals surface area contributed by atoms with Crippen molar-refractivity contribution < 1.29 is 9.84 Å². The van der Waals surface area contributed by atoms with Crippen LogP contribution in [0.15, 0.2) is 6.07 Å². The van der Waals surface area contributed by atoms with Crippen molar-refractivity contribution in [3.63, 3.8) is 0 Å². The molecule has 1 aromatic heterocycles. The number of ether oxygens (including phenoxy) is 1. The van der Waals surface area contributed by atoms with E-state index in [-0.39, 0.29) is 6.10 Å². The number of hydrogen-bond donors (Lipinski definition) is 2. The predicted molar refractivity (Wildman–Crippen MR) is 74.4 cm³/mol. The van der Waals surface area contributed by atoms with Crippen molar-refractivity contribution in [1.82, 2.24) is 9.97 Å². The monoisotopic (exact) mass is 265 g/mol. The highest BCUT2D eigenvalue weighted by molar-refractivity contribution is 5.30. The second-order valence-corrected chi connectivity index (χ2v) is 5.16. The molecule has 1 saturated carbocycles. The number of anilines is 1. The Kier molecular flexibility index (Phi) is 4.96. The molecule has 106 valence electrons. The highest BCUT2D eigenvalue weighted by atomic mass is 16.5. The van der Waals surface area contributed by atoms with Gasteiger partial charge in [-0.3, -0.25) is 0 Å². The quantitative estimate of drug-likeness (QED) is 0.854. The smallest absolute Gasteiger partial charge is 0.226 e. The van der Waals surface area contributed by atoms with Gasteiger partial charge in [-0.1, -0.05) is 0 Å². The summed E-state index contributed by atoms with van der Waals surface area (Å²) in [7, 11) is 0. The third kappa shape index (κ3) is 4.35. The largest absolute Gasteiger partial charge is 0.478 e. The normalized spacial score (nSPS) is 23.1. The average molecular weight is 265 g/mol. The van der Waals surface area contributed by atoms with Gasteiger partial charge in [-0.05, 0) is 45.4 Å². The number of aromatic nitrogens is 2. The summed E-state index contributed by atoms with van der Waals surface area (Å²) in [5.74, 6) is 1.86. The topological polar surface area (TPSA) is 67.3 Å². The van der Waals surface area contributed by atoms with E-state index in [0.717, 1.165) is 37.9 Å². The lowest BCUT2D eigenvalue weighted by molar-refractivity contribution is 0.111. The Morgan fingerprint density at radius 3 is 2.74 bits per heavy atom. The van der Waals surface area contributed by atoms with Crippen LogP contribution in [0.2, 0.25) is 0 Å². The molecule has 5 nitrogen and oxygen atoms in total. The molecule has 0 saturated heterocycles. The third-order valence-corrected chi connectivity index (χ3v) is 3.49. The Morgan fingerprint density at radius 2 is 2.05 bits per heavy atom. The molecule has 5 heteroatoms. The van der Waals surface area contributed by atoms with Gasteiger partial charge in [0.05, 0.1) is 12.7 Å². The standard InChI is InChI=1S/C14H23N3O2/c1-3-19-13-8-10(2)16-14(17-13)15-9-11-4-6-12(18)7-5-11/h8,11-12,18H,3-7,9H2,1-2H3,(H,15,16,17). The van der Waals surface area contributed by atoms with Crippen molar-refractivity contribution in [3.8, 4) is 5.88 Å². The second-order valence-electron chi connectivity index (χ2n) is 5.16. The number of nitrogens with zero attached hydrogens (tertiary/aromatic N) is 2. The minimum Gasteiger partial charge on any atom is -0.478 e. The zero-order valence-corrected chi connectivity index (χ0v) is 11.7. The van der Waals surface area contributed by atoms with Crippen LogP contribution in [0.1, 0.15) is 38.3 Å². The van der Waals surface area contributed by atoms with Gasteiger partial charge in [0.25, 0.3) is 0 Å². The first kappa shape index (κ1) is 14.1. The van der Waals surface area contributed by atoms with E-state index in [1.807, 2.05) is 19.9 Å². The third-order valence-electron chi connectivity index (χ3n) is 3.49. The maximum Gasteiger partial charge on any atom is 0.226 e. The molecule has 0 aromatic carbocycles. The van der Waals surface area contributed by atoms with Crippen LogP contribution in [0, 0.1) is 12.8 Å². The van der Waals surface area contributed by atoms with Crippen LogP contribution in [0.3, 0.4) is 0 Å². The van der Waals surface area contributed by atoms with Crippen LogP contribution in [0.4, 0.5) is 5.95 Å². The van der Waals surface area contributed by atoms with E-state index in [4.69, 9.17) is 4.74 Å². The van der Waals surface area contributed by atoms with Gasteiger partial charge < -0.3 is 15.2 Å². The molecule has 1 aliphatic carbocycles. The maximum absolute atomic E-state index is 9.48. The van der Waals surface area contributed by atoms with Crippen molar-refractivity contribution in [2.45, 2.75) is 45.6 Å². The number of aliphatic hydroxyl groups is 1. The van der Waals surface area contributed by atoms with Crippen molar-refractivity contribution in [2.75, 3.05) is 18.5 Å². The fourth-order valence-electron chi connectivity index (χ4n) is 2.43. The predicted octanol–water partition coefficient (Wildman–Crippen LogP) is 2.15. The summed E-state index contributed by atoms with van der Waals surface area (Å²) in [4.78, 5) is 8.69. The molecule has 2 rings (SSSR count). The molecule has 0 unspecified atom stereocenters. The molecule has 0 bridgehead atoms. The van der Waals surface area contributed by atoms with E-state index < -0.39 is 0 Å². The Balaban J connectivity index is 1.88. The summed E-state index contributed by atoms with van der Waals surface area (Å²) in [5.41, 5.74) is 0.903. The summed E-state index contributed by atoms with van der Waals surface area (Å²) in [6.07, 6.45) is 3.85. The molecule has 1 aliphatic rings. The molecule has 0 atom stereocenters. The Hall–Kier alpha value is -1.36. The summed E-state index contributed by atoms with van der Waals surface area (Å²) < 4.78 is 5.41. The van der Waals surface area contributed by atoms with Crippen molar-refractivity contribution in [3.05, 3.63) is 11.8 Å². The maximum atomic E-state index is 9.48. The van der Waals surface area contributed by atoms with Crippen molar-refractivity contribution in [1.29, 1.82) is 0 Å². The fraction of sp³-hybridized carbons (Fsp3) is 0.714. The Morgan fingerprint density at radius 1 is 1.32 bits per heavy atom. The van der Waals surface area contributed by atoms with Crippen molar-refractivity contribution >= 4 is 5.95 Å². The highest BCUT2D eigenvalue weighted by Gasteiger charge is 2.19. The molecule has 0 radical (unpaired) electrons. The van der Waals surface area contributed by atoms with Gasteiger partial charge in [-0.25, -0.2) is 4.98 Å². The molecule has 0 amide bonds. The summed E-state index contributed by atoms with van der Waals surface area (Å²) >= 11 is 0. The zero-order chi connectivity index (χ0) is 13.7. The molecule has 1 heterocycles. The first-order valence-electron chi connectivity index (χ1n) is 7.07. The van der Waals surface area contributed by atoms with Gasteiger partial charge in [0, 0.05) is 18.3 Å². The lowest BCUT2D eigenvalue weighted by atomic mass is 9.87. The van der Waals surface area contributed by atoms with Crippen LogP contribution in [-0.2, 0) is 0 Å². The van der Waals surface area contributed by atoms with Gasteiger partial charge in [-0.2, -0.15) is 4.98 Å². The summed E-state index contributed by atoms with van der Waals surface area (Å²) in [5, 5.41) is 12.8. The number of nitrogens with one attached hydrogen (secondary N) is 1. The van der Waals surface area contributed by atoms with E-state index >= 15 is 0 Å². The molecule has 2 N–H and O–H groups in total. The molecule has 0 spiro atoms. The van der Waals surface area contributed by atoms with Gasteiger partial charge in [0.15, 0.2) is 0 Å². The molecular formula is C14H23N3O2. The van der Waals surface area contributed by atoms with E-state index in [1.54, 1.807) is 0 Å². The number of aliphatic hydroxyl groups excluding tert-OH is 1. The van der Waals surface area contributed by atoms with Gasteiger partial charge in [0.1, 0.15) is 0 Å². The zero-order valence-electron chi connectivity index (χ0n) is 11.7. The molecule has 19 heavy (non-hydrogen) atoms. The second kappa shape index (κ2) is 6.70. The lowest BCUT2D eigenvalue weighted by Gasteiger charge is -2.25. The molecule has 0 aliphatic heterocycles. The molecular weight excluding hydrogens is 242 g/mol. The molecule has 1 fully saturated rings. The van der Waals surface area contributed by atoms with E-state index in [0.29, 0.717) is 24.4 Å². The van der Waals surface area contributed by atoms with Crippen LogP contribution < -0.4 is 10.1 Å². The summed E-state index contributed by atoms with van der Waals surface area (Å²) in [6.45, 7) is 5.35. The Labute approximate surface area is 114 Å². The fourth-order valence-corrected chi connectivity index (χ4v) is 2.43. The average Bonchev–Trinajstić information content (AvgIpc) is 2.38. The van der Waals surface area contributed by atoms with Crippen LogP contribution in [0.5, 0.6) is 5.88 Å². The van der Waals surface area contributed by atoms with Crippen molar-refractivity contribution in [2.24, 2.45) is 5.92 Å². The Bertz CT molecular complexity index is 404. The minimum atomic E-state index is -0.101. The van der Waals surface area contributed by atoms with Crippen LogP contribution >= 0.6 is 0 Å². The number of hydrogen-bond acceptors (Lipinski definition) is 5. The van der Waals surface area contributed by atoms with Crippen LogP contribution in [-0.4, -0.2) is 34.3 Å². The number of rotatable bonds is 5. The summed E-state index contributed by atoms with van der Waals surface area (Å²) in [6, 6.07) is 1.84. The van der Waals surface area contributed by atoms with Gasteiger partial charge in [0.2, 0.25) is 11.8 Å². The number of aryl methyl sites for hydroxylation is 1. The van der Waals surface area contributed by atoms with Crippen LogP contribution in [0.25, 0.3) is 0 Å².